The van der Waals surface area contributed by atoms with Crippen molar-refractivity contribution in [1.29, 1.82) is 0 Å². The first-order valence-corrected chi connectivity index (χ1v) is 5.52. The summed E-state index contributed by atoms with van der Waals surface area (Å²) in [5, 5.41) is 7.41. The number of nitrogens with one attached hydrogen (secondary N) is 1. The molecule has 1 aromatic heterocycles. The summed E-state index contributed by atoms with van der Waals surface area (Å²) in [6, 6.07) is 2.49. The van der Waals surface area contributed by atoms with Crippen LogP contribution in [0.4, 0.5) is 0 Å². The third-order valence-corrected chi connectivity index (χ3v) is 2.66. The van der Waals surface area contributed by atoms with Crippen LogP contribution in [0, 0.1) is 0 Å². The van der Waals surface area contributed by atoms with Gasteiger partial charge in [0, 0.05) is 18.7 Å². The molecule has 0 aliphatic carbocycles. The Hall–Kier alpha value is -0.870. The molecule has 15 heavy (non-hydrogen) atoms. The smallest absolute Gasteiger partial charge is 0.150 e. The van der Waals surface area contributed by atoms with E-state index in [1.54, 1.807) is 0 Å². The first-order chi connectivity index (χ1) is 7.25. The van der Waals surface area contributed by atoms with Gasteiger partial charge < -0.3 is 14.6 Å². The van der Waals surface area contributed by atoms with E-state index in [0.717, 1.165) is 37.6 Å². The first kappa shape index (κ1) is 10.6. The summed E-state index contributed by atoms with van der Waals surface area (Å²) in [6.07, 6.45) is 1.09. The minimum atomic E-state index is 0.428. The molecule has 1 fully saturated rings. The number of hydrogen-bond donors (Lipinski definition) is 1. The first-order valence-electron chi connectivity index (χ1n) is 5.52. The molecule has 2 heterocycles. The molecule has 1 atom stereocenters. The predicted octanol–water partition coefficient (Wildman–Crippen LogP) is 1.68. The third kappa shape index (κ3) is 2.79. The van der Waals surface area contributed by atoms with E-state index in [4.69, 9.17) is 9.26 Å². The number of hydrogen-bond acceptors (Lipinski definition) is 4. The Morgan fingerprint density at radius 3 is 3.07 bits per heavy atom. The van der Waals surface area contributed by atoms with E-state index in [9.17, 15) is 0 Å². The molecule has 0 amide bonds. The zero-order chi connectivity index (χ0) is 10.7. The van der Waals surface area contributed by atoms with Gasteiger partial charge in [-0.1, -0.05) is 19.0 Å². The zero-order valence-electron chi connectivity index (χ0n) is 9.32. The molecular weight excluding hydrogens is 192 g/mol. The highest BCUT2D eigenvalue weighted by Gasteiger charge is 2.15. The Morgan fingerprint density at radius 2 is 2.47 bits per heavy atom. The van der Waals surface area contributed by atoms with Gasteiger partial charge in [-0.15, -0.1) is 0 Å². The third-order valence-electron chi connectivity index (χ3n) is 2.66. The molecule has 0 bridgehead atoms. The van der Waals surface area contributed by atoms with Gasteiger partial charge in [0.25, 0.3) is 0 Å². The standard InChI is InChI=1S/C11H18N2O2/c1-8(2)11-5-10(15-13-11)6-12-9-3-4-14-7-9/h5,8-9,12H,3-4,6-7H2,1-2H3. The molecule has 1 unspecified atom stereocenters. The predicted molar refractivity (Wildman–Crippen MR) is 56.7 cm³/mol. The molecule has 1 aromatic rings. The van der Waals surface area contributed by atoms with E-state index < -0.39 is 0 Å². The lowest BCUT2D eigenvalue weighted by molar-refractivity contribution is 0.189. The highest BCUT2D eigenvalue weighted by atomic mass is 16.5. The molecular formula is C11H18N2O2. The monoisotopic (exact) mass is 210 g/mol. The minimum Gasteiger partial charge on any atom is -0.380 e. The maximum absolute atomic E-state index is 5.28. The van der Waals surface area contributed by atoms with Crippen LogP contribution >= 0.6 is 0 Å². The Labute approximate surface area is 90.0 Å². The molecule has 1 saturated heterocycles. The molecule has 0 spiro atoms. The quantitative estimate of drug-likeness (QED) is 0.821. The van der Waals surface area contributed by atoms with E-state index in [0.29, 0.717) is 12.0 Å². The lowest BCUT2D eigenvalue weighted by atomic mass is 10.1. The highest BCUT2D eigenvalue weighted by Crippen LogP contribution is 2.14. The summed E-state index contributed by atoms with van der Waals surface area (Å²) in [7, 11) is 0. The molecule has 0 saturated carbocycles. The van der Waals surface area contributed by atoms with Crippen molar-refractivity contribution in [2.75, 3.05) is 13.2 Å². The van der Waals surface area contributed by atoms with E-state index in [1.807, 2.05) is 6.07 Å². The molecule has 1 aliphatic rings. The Morgan fingerprint density at radius 1 is 1.60 bits per heavy atom. The van der Waals surface area contributed by atoms with Crippen molar-refractivity contribution >= 4 is 0 Å². The second kappa shape index (κ2) is 4.77. The zero-order valence-corrected chi connectivity index (χ0v) is 9.32. The Kier molecular flexibility index (Phi) is 3.38. The molecule has 0 radical (unpaired) electrons. The molecule has 1 aliphatic heterocycles. The lowest BCUT2D eigenvalue weighted by Gasteiger charge is -2.07. The summed E-state index contributed by atoms with van der Waals surface area (Å²) >= 11 is 0. The van der Waals surface area contributed by atoms with Crippen molar-refractivity contribution in [2.45, 2.75) is 38.8 Å². The summed E-state index contributed by atoms with van der Waals surface area (Å²) in [6.45, 7) is 6.64. The van der Waals surface area contributed by atoms with Crippen LogP contribution in [-0.2, 0) is 11.3 Å². The average Bonchev–Trinajstić information content (AvgIpc) is 2.86. The van der Waals surface area contributed by atoms with Crippen molar-refractivity contribution in [2.24, 2.45) is 0 Å². The van der Waals surface area contributed by atoms with Crippen LogP contribution in [0.15, 0.2) is 10.6 Å². The highest BCUT2D eigenvalue weighted by molar-refractivity contribution is 5.08. The second-order valence-electron chi connectivity index (χ2n) is 4.31. The van der Waals surface area contributed by atoms with Gasteiger partial charge in [0.2, 0.25) is 0 Å². The molecule has 4 nitrogen and oxygen atoms in total. The SMILES string of the molecule is CC(C)c1cc(CNC2CCOC2)on1. The van der Waals surface area contributed by atoms with E-state index in [1.165, 1.54) is 0 Å². The van der Waals surface area contributed by atoms with Crippen LogP contribution in [0.25, 0.3) is 0 Å². The van der Waals surface area contributed by atoms with Crippen LogP contribution in [-0.4, -0.2) is 24.4 Å². The minimum absolute atomic E-state index is 0.428. The maximum Gasteiger partial charge on any atom is 0.150 e. The summed E-state index contributed by atoms with van der Waals surface area (Å²) in [5.74, 6) is 1.34. The number of aromatic nitrogens is 1. The van der Waals surface area contributed by atoms with Gasteiger partial charge in [-0.3, -0.25) is 0 Å². The van der Waals surface area contributed by atoms with Crippen molar-refractivity contribution in [3.63, 3.8) is 0 Å². The average molecular weight is 210 g/mol. The van der Waals surface area contributed by atoms with Gasteiger partial charge in [0.15, 0.2) is 5.76 Å². The van der Waals surface area contributed by atoms with Gasteiger partial charge in [-0.25, -0.2) is 0 Å². The second-order valence-corrected chi connectivity index (χ2v) is 4.31. The summed E-state index contributed by atoms with van der Waals surface area (Å²) in [4.78, 5) is 0. The van der Waals surface area contributed by atoms with Gasteiger partial charge in [0.05, 0.1) is 18.8 Å². The number of ether oxygens (including phenoxy) is 1. The maximum atomic E-state index is 5.28. The summed E-state index contributed by atoms with van der Waals surface area (Å²) < 4.78 is 10.5. The molecule has 2 rings (SSSR count). The van der Waals surface area contributed by atoms with Crippen LogP contribution in [0.1, 0.15) is 37.6 Å². The molecule has 0 aromatic carbocycles. The van der Waals surface area contributed by atoms with Gasteiger partial charge in [-0.05, 0) is 12.3 Å². The molecule has 4 heteroatoms. The van der Waals surface area contributed by atoms with Crippen LogP contribution < -0.4 is 5.32 Å². The lowest BCUT2D eigenvalue weighted by Crippen LogP contribution is -2.28. The topological polar surface area (TPSA) is 47.3 Å². The fourth-order valence-corrected chi connectivity index (χ4v) is 1.62. The Bertz CT molecular complexity index is 303. The van der Waals surface area contributed by atoms with Crippen molar-refractivity contribution in [3.8, 4) is 0 Å². The van der Waals surface area contributed by atoms with Crippen LogP contribution in [0.5, 0.6) is 0 Å². The van der Waals surface area contributed by atoms with E-state index >= 15 is 0 Å². The van der Waals surface area contributed by atoms with Crippen molar-refractivity contribution in [1.82, 2.24) is 10.5 Å². The van der Waals surface area contributed by atoms with Crippen LogP contribution in [0.3, 0.4) is 0 Å². The van der Waals surface area contributed by atoms with E-state index in [2.05, 4.69) is 24.3 Å². The largest absolute Gasteiger partial charge is 0.380 e. The fraction of sp³-hybridized carbons (Fsp3) is 0.727. The van der Waals surface area contributed by atoms with Crippen LogP contribution in [0.2, 0.25) is 0 Å². The normalized spacial score (nSPS) is 21.4. The van der Waals surface area contributed by atoms with Gasteiger partial charge >= 0.3 is 0 Å². The van der Waals surface area contributed by atoms with Gasteiger partial charge in [0.1, 0.15) is 0 Å². The molecule has 1 N–H and O–H groups in total. The molecule has 84 valence electrons. The summed E-state index contributed by atoms with van der Waals surface area (Å²) in [5.41, 5.74) is 1.02. The fourth-order valence-electron chi connectivity index (χ4n) is 1.62. The van der Waals surface area contributed by atoms with Gasteiger partial charge in [-0.2, -0.15) is 0 Å². The van der Waals surface area contributed by atoms with Crippen molar-refractivity contribution < 1.29 is 9.26 Å². The van der Waals surface area contributed by atoms with Crippen molar-refractivity contribution in [3.05, 3.63) is 17.5 Å². The number of rotatable bonds is 4. The number of nitrogens with zero attached hydrogens (tertiary/aromatic N) is 1. The Balaban J connectivity index is 1.82. The van der Waals surface area contributed by atoms with E-state index in [-0.39, 0.29) is 0 Å².